The first kappa shape index (κ1) is 14.7. The molecule has 7 heteroatoms. The summed E-state index contributed by atoms with van der Waals surface area (Å²) in [7, 11) is 0. The van der Waals surface area contributed by atoms with Crippen LogP contribution in [0.1, 0.15) is 19.3 Å². The summed E-state index contributed by atoms with van der Waals surface area (Å²) in [5.74, 6) is 0.0192. The van der Waals surface area contributed by atoms with Gasteiger partial charge in [-0.15, -0.1) is 0 Å². The van der Waals surface area contributed by atoms with Crippen LogP contribution in [0.25, 0.3) is 0 Å². The van der Waals surface area contributed by atoms with Crippen molar-refractivity contribution in [2.24, 2.45) is 5.73 Å². The number of hydrogen-bond acceptors (Lipinski definition) is 5. The number of nitrogens with one attached hydrogen (secondary N) is 1. The molecule has 2 heterocycles. The number of ether oxygens (including phenoxy) is 1. The summed E-state index contributed by atoms with van der Waals surface area (Å²) < 4.78 is 5.31. The number of nitrogens with two attached hydrogens (primary N) is 1. The largest absolute Gasteiger partial charge is 0.379 e. The molecule has 0 aromatic carbocycles. The Labute approximate surface area is 124 Å². The van der Waals surface area contributed by atoms with E-state index >= 15 is 0 Å². The first-order valence-electron chi connectivity index (χ1n) is 7.74. The van der Waals surface area contributed by atoms with E-state index in [1.54, 1.807) is 0 Å². The van der Waals surface area contributed by atoms with Crippen LogP contribution in [0.5, 0.6) is 0 Å². The van der Waals surface area contributed by atoms with Crippen molar-refractivity contribution in [3.05, 3.63) is 0 Å². The van der Waals surface area contributed by atoms with E-state index in [0.29, 0.717) is 13.0 Å². The second-order valence-electron chi connectivity index (χ2n) is 6.32. The van der Waals surface area contributed by atoms with Crippen LogP contribution < -0.4 is 11.1 Å². The normalized spacial score (nSPS) is 28.7. The fourth-order valence-electron chi connectivity index (χ4n) is 2.86. The van der Waals surface area contributed by atoms with E-state index in [0.717, 1.165) is 52.2 Å². The molecule has 0 spiro atoms. The van der Waals surface area contributed by atoms with E-state index in [-0.39, 0.29) is 17.9 Å². The van der Waals surface area contributed by atoms with E-state index in [4.69, 9.17) is 10.5 Å². The Morgan fingerprint density at radius 2 is 2.05 bits per heavy atom. The van der Waals surface area contributed by atoms with Crippen LogP contribution in [0, 0.1) is 0 Å². The molecule has 0 bridgehead atoms. The molecule has 21 heavy (non-hydrogen) atoms. The highest BCUT2D eigenvalue weighted by Crippen LogP contribution is 2.32. The Kier molecular flexibility index (Phi) is 4.14. The van der Waals surface area contributed by atoms with Crippen molar-refractivity contribution in [1.82, 2.24) is 15.1 Å². The van der Waals surface area contributed by atoms with Crippen LogP contribution in [0.15, 0.2) is 0 Å². The highest BCUT2D eigenvalue weighted by molar-refractivity contribution is 5.90. The fourth-order valence-corrected chi connectivity index (χ4v) is 2.86. The second-order valence-corrected chi connectivity index (χ2v) is 6.32. The third kappa shape index (κ3) is 3.53. The topological polar surface area (TPSA) is 87.9 Å². The maximum atomic E-state index is 12.0. The summed E-state index contributed by atoms with van der Waals surface area (Å²) in [6, 6.07) is -0.0873. The van der Waals surface area contributed by atoms with Crippen LogP contribution in [0.3, 0.4) is 0 Å². The first-order chi connectivity index (χ1) is 10.1. The molecule has 0 aromatic rings. The van der Waals surface area contributed by atoms with Gasteiger partial charge < -0.3 is 20.7 Å². The van der Waals surface area contributed by atoms with Gasteiger partial charge >= 0.3 is 0 Å². The zero-order valence-electron chi connectivity index (χ0n) is 12.3. The van der Waals surface area contributed by atoms with Crippen molar-refractivity contribution in [2.75, 3.05) is 45.9 Å². The first-order valence-corrected chi connectivity index (χ1v) is 7.74. The van der Waals surface area contributed by atoms with Crippen molar-refractivity contribution in [3.63, 3.8) is 0 Å². The van der Waals surface area contributed by atoms with Crippen molar-refractivity contribution in [1.29, 1.82) is 0 Å². The van der Waals surface area contributed by atoms with Crippen molar-refractivity contribution in [3.8, 4) is 0 Å². The minimum absolute atomic E-state index is 0.0873. The van der Waals surface area contributed by atoms with E-state index in [1.807, 2.05) is 4.90 Å². The number of nitrogens with zero attached hydrogens (tertiary/aromatic N) is 2. The summed E-state index contributed by atoms with van der Waals surface area (Å²) >= 11 is 0. The van der Waals surface area contributed by atoms with E-state index < -0.39 is 5.54 Å². The predicted octanol–water partition coefficient (Wildman–Crippen LogP) is -1.47. The molecule has 1 atom stereocenters. The van der Waals surface area contributed by atoms with Crippen molar-refractivity contribution < 1.29 is 14.3 Å². The molecule has 1 aliphatic carbocycles. The van der Waals surface area contributed by atoms with Gasteiger partial charge in [-0.1, -0.05) is 0 Å². The lowest BCUT2D eigenvalue weighted by atomic mass is 10.2. The lowest BCUT2D eigenvalue weighted by Crippen LogP contribution is -2.48. The Morgan fingerprint density at radius 1 is 1.33 bits per heavy atom. The van der Waals surface area contributed by atoms with Crippen molar-refractivity contribution in [2.45, 2.75) is 30.8 Å². The third-order valence-electron chi connectivity index (χ3n) is 4.58. The summed E-state index contributed by atoms with van der Waals surface area (Å²) in [4.78, 5) is 28.1. The molecule has 3 N–H and O–H groups in total. The standard InChI is InChI=1S/C14H24N4O3/c15-14(1-2-14)13(20)16-11-9-12(19)18(10-11)4-3-17-5-7-21-8-6-17/h11H,1-10,15H2,(H,16,20). The maximum absolute atomic E-state index is 12.0. The lowest BCUT2D eigenvalue weighted by Gasteiger charge is -2.28. The molecule has 1 saturated carbocycles. The van der Waals surface area contributed by atoms with Gasteiger partial charge in [0.15, 0.2) is 0 Å². The van der Waals surface area contributed by atoms with Gasteiger partial charge in [-0.2, -0.15) is 0 Å². The summed E-state index contributed by atoms with van der Waals surface area (Å²) in [6.45, 7) is 5.59. The van der Waals surface area contributed by atoms with Crippen LogP contribution in [-0.4, -0.2) is 79.1 Å². The SMILES string of the molecule is NC1(C(=O)NC2CC(=O)N(CCN3CCOCC3)C2)CC1. The van der Waals surface area contributed by atoms with Gasteiger partial charge in [-0.25, -0.2) is 0 Å². The van der Waals surface area contributed by atoms with Gasteiger partial charge in [0.2, 0.25) is 11.8 Å². The van der Waals surface area contributed by atoms with E-state index in [2.05, 4.69) is 10.2 Å². The molecule has 1 unspecified atom stereocenters. The molecule has 118 valence electrons. The van der Waals surface area contributed by atoms with Gasteiger partial charge in [0.05, 0.1) is 24.8 Å². The number of hydrogen-bond donors (Lipinski definition) is 2. The van der Waals surface area contributed by atoms with Crippen LogP contribution in [0.2, 0.25) is 0 Å². The zero-order chi connectivity index (χ0) is 14.9. The maximum Gasteiger partial charge on any atom is 0.240 e. The molecule has 3 rings (SSSR count). The van der Waals surface area contributed by atoms with E-state index in [1.165, 1.54) is 0 Å². The molecule has 2 amide bonds. The van der Waals surface area contributed by atoms with Crippen LogP contribution in [0.4, 0.5) is 0 Å². The average molecular weight is 296 g/mol. The molecule has 7 nitrogen and oxygen atoms in total. The van der Waals surface area contributed by atoms with E-state index in [9.17, 15) is 9.59 Å². The predicted molar refractivity (Wildman–Crippen MR) is 76.5 cm³/mol. The third-order valence-corrected chi connectivity index (χ3v) is 4.58. The molecule has 2 aliphatic heterocycles. The number of amides is 2. The molecule has 0 aromatic heterocycles. The minimum Gasteiger partial charge on any atom is -0.379 e. The Bertz CT molecular complexity index is 418. The lowest BCUT2D eigenvalue weighted by molar-refractivity contribution is -0.128. The van der Waals surface area contributed by atoms with Gasteiger partial charge in [0.1, 0.15) is 0 Å². The number of rotatable bonds is 5. The van der Waals surface area contributed by atoms with Crippen LogP contribution >= 0.6 is 0 Å². The zero-order valence-corrected chi connectivity index (χ0v) is 12.3. The van der Waals surface area contributed by atoms with Gasteiger partial charge in [0, 0.05) is 39.1 Å². The van der Waals surface area contributed by atoms with Crippen molar-refractivity contribution >= 4 is 11.8 Å². The smallest absolute Gasteiger partial charge is 0.240 e. The molecule has 2 saturated heterocycles. The Balaban J connectivity index is 1.42. The Morgan fingerprint density at radius 3 is 2.71 bits per heavy atom. The average Bonchev–Trinajstić information content (AvgIpc) is 3.14. The second kappa shape index (κ2) is 5.90. The fraction of sp³-hybridized carbons (Fsp3) is 0.857. The molecular formula is C14H24N4O3. The highest BCUT2D eigenvalue weighted by atomic mass is 16.5. The Hall–Kier alpha value is -1.18. The summed E-state index contributed by atoms with van der Waals surface area (Å²) in [6.07, 6.45) is 1.89. The number of morpholine rings is 1. The van der Waals surface area contributed by atoms with Gasteiger partial charge in [-0.3, -0.25) is 14.5 Å². The molecular weight excluding hydrogens is 272 g/mol. The number of likely N-dealkylation sites (tertiary alicyclic amines) is 1. The molecule has 3 aliphatic rings. The van der Waals surface area contributed by atoms with Gasteiger partial charge in [-0.05, 0) is 12.8 Å². The molecule has 0 radical (unpaired) electrons. The minimum atomic E-state index is -0.662. The summed E-state index contributed by atoms with van der Waals surface area (Å²) in [5, 5.41) is 2.92. The monoisotopic (exact) mass is 296 g/mol. The summed E-state index contributed by atoms with van der Waals surface area (Å²) in [5.41, 5.74) is 5.20. The molecule has 3 fully saturated rings. The quantitative estimate of drug-likeness (QED) is 0.646. The highest BCUT2D eigenvalue weighted by Gasteiger charge is 2.47. The number of carbonyl (C=O) groups is 2. The number of carbonyl (C=O) groups excluding carboxylic acids is 2. The van der Waals surface area contributed by atoms with Gasteiger partial charge in [0.25, 0.3) is 0 Å². The van der Waals surface area contributed by atoms with Crippen LogP contribution in [-0.2, 0) is 14.3 Å².